The molecule has 0 aliphatic carbocycles. The zero-order valence-corrected chi connectivity index (χ0v) is 50.7. The van der Waals surface area contributed by atoms with Gasteiger partial charge in [-0.1, -0.05) is 334 Å². The lowest BCUT2D eigenvalue weighted by molar-refractivity contribution is -0.123. The van der Waals surface area contributed by atoms with Crippen molar-refractivity contribution >= 4 is 5.91 Å². The average Bonchev–Trinajstić information content (AvgIpc) is 3.43. The molecule has 1 amide bonds. The fourth-order valence-corrected chi connectivity index (χ4v) is 9.44. The molecule has 0 aromatic carbocycles. The molecule has 440 valence electrons. The Morgan fingerprint density at radius 2 is 0.571 bits per heavy atom. The van der Waals surface area contributed by atoms with Gasteiger partial charge in [0.05, 0.1) is 18.8 Å². The van der Waals surface area contributed by atoms with Gasteiger partial charge in [0, 0.05) is 6.42 Å². The second-order valence-electron chi connectivity index (χ2n) is 21.8. The summed E-state index contributed by atoms with van der Waals surface area (Å²) in [7, 11) is 0. The Balaban J connectivity index is 3.62. The van der Waals surface area contributed by atoms with E-state index in [-0.39, 0.29) is 12.5 Å². The summed E-state index contributed by atoms with van der Waals surface area (Å²) in [5, 5.41) is 23.2. The van der Waals surface area contributed by atoms with Crippen LogP contribution in [0.3, 0.4) is 0 Å². The Hall–Kier alpha value is -3.47. The Labute approximate surface area is 479 Å². The van der Waals surface area contributed by atoms with Crippen LogP contribution in [0.2, 0.25) is 0 Å². The van der Waals surface area contributed by atoms with Crippen molar-refractivity contribution in [2.24, 2.45) is 0 Å². The van der Waals surface area contributed by atoms with Crippen LogP contribution in [0.1, 0.15) is 303 Å². The number of rotatable bonds is 59. The summed E-state index contributed by atoms with van der Waals surface area (Å²) in [4.78, 5) is 12.5. The number of amides is 1. The summed E-state index contributed by atoms with van der Waals surface area (Å²) in [6.07, 6.45) is 104. The van der Waals surface area contributed by atoms with Crippen molar-refractivity contribution in [3.8, 4) is 0 Å². The molecule has 4 heteroatoms. The SMILES string of the molecule is CC/C=C\C/C=C\C/C=C\C/C=C\C/C=C\C/C=C\C/C=C\C/C=C\C/C=C\C/C=C\CCCCC(=O)NC(CO)C(O)/C=C/CCCCCCCCCCCCCCCCCCCCCCCCCCCCCCCC. The summed E-state index contributed by atoms with van der Waals surface area (Å²) in [6.45, 7) is 4.19. The van der Waals surface area contributed by atoms with Gasteiger partial charge >= 0.3 is 0 Å². The van der Waals surface area contributed by atoms with Crippen LogP contribution in [0, 0.1) is 0 Å². The van der Waals surface area contributed by atoms with E-state index in [0.29, 0.717) is 6.42 Å². The van der Waals surface area contributed by atoms with Crippen LogP contribution in [0.25, 0.3) is 0 Å². The first kappa shape index (κ1) is 73.5. The van der Waals surface area contributed by atoms with Crippen LogP contribution in [-0.4, -0.2) is 34.9 Å². The van der Waals surface area contributed by atoms with Gasteiger partial charge in [-0.05, 0) is 96.3 Å². The van der Waals surface area contributed by atoms with Gasteiger partial charge in [-0.25, -0.2) is 0 Å². The number of hydrogen-bond donors (Lipinski definition) is 3. The summed E-state index contributed by atoms with van der Waals surface area (Å²) in [6, 6.07) is -0.658. The molecule has 0 aliphatic rings. The molecular weight excluding hydrogens is 939 g/mol. The van der Waals surface area contributed by atoms with Crippen LogP contribution in [0.5, 0.6) is 0 Å². The molecule has 0 spiro atoms. The van der Waals surface area contributed by atoms with E-state index in [1.165, 1.54) is 186 Å². The minimum absolute atomic E-state index is 0.108. The molecule has 0 aromatic rings. The molecule has 0 aromatic heterocycles. The number of carbonyl (C=O) groups excluding carboxylic acids is 1. The van der Waals surface area contributed by atoms with Gasteiger partial charge in [-0.15, -0.1) is 0 Å². The number of nitrogens with one attached hydrogen (secondary N) is 1. The van der Waals surface area contributed by atoms with E-state index in [9.17, 15) is 15.0 Å². The fourth-order valence-electron chi connectivity index (χ4n) is 9.44. The summed E-state index contributed by atoms with van der Waals surface area (Å²) in [5.41, 5.74) is 0. The van der Waals surface area contributed by atoms with Crippen LogP contribution in [-0.2, 0) is 4.79 Å². The van der Waals surface area contributed by atoms with Crippen molar-refractivity contribution < 1.29 is 15.0 Å². The first-order chi connectivity index (χ1) is 38.2. The third-order valence-corrected chi connectivity index (χ3v) is 14.4. The van der Waals surface area contributed by atoms with Crippen LogP contribution >= 0.6 is 0 Å². The standard InChI is InChI=1S/C73H125NO3/c1-3-5-7-9-11-13-15-17-19-21-23-25-27-29-31-33-35-37-39-41-43-45-47-49-51-53-55-57-59-61-63-65-67-69-73(77)74-71(70-75)72(76)68-66-64-62-60-58-56-54-52-50-48-46-44-42-40-38-36-34-32-30-28-26-24-22-20-18-16-14-12-10-8-6-4-2/h5,7,11,13,17,19,23,25,29,31,35,37,41,43,47,49,53,55,59,61,66,68,71-72,75-76H,3-4,6,8-10,12,14-16,18,20-22,24,26-28,30,32-34,36,38-40,42,44-46,48,50-52,54,56-58,60,62-65,67,69-70H2,1-2H3,(H,74,77)/b7-5-,13-11-,19-17-,25-23-,31-29-,37-35-,43-41-,49-47-,55-53-,61-59-,68-66+. The molecule has 2 unspecified atom stereocenters. The molecular formula is C73H125NO3. The van der Waals surface area contributed by atoms with Crippen molar-refractivity contribution in [1.82, 2.24) is 5.32 Å². The molecule has 0 rings (SSSR count). The minimum Gasteiger partial charge on any atom is -0.394 e. The number of unbranched alkanes of at least 4 members (excludes halogenated alkanes) is 32. The lowest BCUT2D eigenvalue weighted by atomic mass is 10.0. The monoisotopic (exact) mass is 1060 g/mol. The fraction of sp³-hybridized carbons (Fsp3) is 0.685. The number of hydrogen-bond acceptors (Lipinski definition) is 3. The maximum atomic E-state index is 12.5. The minimum atomic E-state index is -0.870. The molecule has 4 nitrogen and oxygen atoms in total. The molecule has 3 N–H and O–H groups in total. The highest BCUT2D eigenvalue weighted by Crippen LogP contribution is 2.17. The number of aliphatic hydroxyl groups is 2. The predicted molar refractivity (Wildman–Crippen MR) is 345 cm³/mol. The van der Waals surface area contributed by atoms with Gasteiger partial charge in [-0.3, -0.25) is 4.79 Å². The number of carbonyl (C=O) groups is 1. The predicted octanol–water partition coefficient (Wildman–Crippen LogP) is 22.5. The summed E-state index contributed by atoms with van der Waals surface area (Å²) >= 11 is 0. The second-order valence-corrected chi connectivity index (χ2v) is 21.8. The van der Waals surface area contributed by atoms with E-state index in [2.05, 4.69) is 141 Å². The van der Waals surface area contributed by atoms with Gasteiger partial charge in [-0.2, -0.15) is 0 Å². The normalized spacial score (nSPS) is 13.7. The maximum absolute atomic E-state index is 12.5. The van der Waals surface area contributed by atoms with E-state index in [4.69, 9.17) is 0 Å². The molecule has 0 saturated carbocycles. The smallest absolute Gasteiger partial charge is 0.220 e. The van der Waals surface area contributed by atoms with Gasteiger partial charge in [0.2, 0.25) is 5.91 Å². The first-order valence-corrected chi connectivity index (χ1v) is 32.9. The highest BCUT2D eigenvalue weighted by atomic mass is 16.3. The molecule has 2 atom stereocenters. The third-order valence-electron chi connectivity index (χ3n) is 14.4. The number of allylic oxidation sites excluding steroid dienone is 21. The van der Waals surface area contributed by atoms with Gasteiger partial charge in [0.15, 0.2) is 0 Å². The highest BCUT2D eigenvalue weighted by Gasteiger charge is 2.18. The summed E-state index contributed by atoms with van der Waals surface area (Å²) in [5.74, 6) is -0.108. The molecule has 0 heterocycles. The van der Waals surface area contributed by atoms with Crippen molar-refractivity contribution in [3.63, 3.8) is 0 Å². The lowest BCUT2D eigenvalue weighted by Crippen LogP contribution is -2.45. The molecule has 77 heavy (non-hydrogen) atoms. The topological polar surface area (TPSA) is 69.6 Å². The van der Waals surface area contributed by atoms with E-state index < -0.39 is 12.1 Å². The van der Waals surface area contributed by atoms with Crippen LogP contribution in [0.15, 0.2) is 134 Å². The lowest BCUT2D eigenvalue weighted by Gasteiger charge is -2.19. The largest absolute Gasteiger partial charge is 0.394 e. The van der Waals surface area contributed by atoms with Crippen molar-refractivity contribution in [2.75, 3.05) is 6.61 Å². The van der Waals surface area contributed by atoms with E-state index in [1.54, 1.807) is 6.08 Å². The molecule has 0 aliphatic heterocycles. The highest BCUT2D eigenvalue weighted by molar-refractivity contribution is 5.76. The third kappa shape index (κ3) is 63.2. The maximum Gasteiger partial charge on any atom is 0.220 e. The Morgan fingerprint density at radius 1 is 0.325 bits per heavy atom. The Bertz CT molecular complexity index is 1540. The Morgan fingerprint density at radius 3 is 0.857 bits per heavy atom. The zero-order valence-electron chi connectivity index (χ0n) is 50.7. The van der Waals surface area contributed by atoms with Crippen LogP contribution in [0.4, 0.5) is 0 Å². The van der Waals surface area contributed by atoms with Gasteiger partial charge in [0.1, 0.15) is 0 Å². The molecule has 0 saturated heterocycles. The first-order valence-electron chi connectivity index (χ1n) is 32.9. The second kappa shape index (κ2) is 66.8. The van der Waals surface area contributed by atoms with Crippen molar-refractivity contribution in [2.45, 2.75) is 315 Å². The Kier molecular flexibility index (Phi) is 63.8. The van der Waals surface area contributed by atoms with E-state index in [1.807, 2.05) is 6.08 Å². The molecule has 0 fully saturated rings. The van der Waals surface area contributed by atoms with Gasteiger partial charge < -0.3 is 15.5 Å². The zero-order chi connectivity index (χ0) is 55.5. The van der Waals surface area contributed by atoms with E-state index >= 15 is 0 Å². The van der Waals surface area contributed by atoms with Gasteiger partial charge in [0.25, 0.3) is 0 Å². The van der Waals surface area contributed by atoms with E-state index in [0.717, 1.165) is 96.3 Å². The van der Waals surface area contributed by atoms with Crippen molar-refractivity contribution in [1.29, 1.82) is 0 Å². The molecule has 0 radical (unpaired) electrons. The molecule has 0 bridgehead atoms. The average molecular weight is 1060 g/mol. The number of aliphatic hydroxyl groups excluding tert-OH is 2. The van der Waals surface area contributed by atoms with Crippen LogP contribution < -0.4 is 5.32 Å². The summed E-state index contributed by atoms with van der Waals surface area (Å²) < 4.78 is 0. The van der Waals surface area contributed by atoms with Crippen molar-refractivity contribution in [3.05, 3.63) is 134 Å². The quantitative estimate of drug-likeness (QED) is 0.0420.